The van der Waals surface area contributed by atoms with E-state index in [1.54, 1.807) is 25.2 Å². The van der Waals surface area contributed by atoms with Crippen LogP contribution < -0.4 is 5.32 Å². The van der Waals surface area contributed by atoms with E-state index in [0.717, 1.165) is 11.8 Å². The van der Waals surface area contributed by atoms with Crippen LogP contribution in [0.2, 0.25) is 0 Å². The maximum absolute atomic E-state index is 11.8. The first kappa shape index (κ1) is 15.8. The van der Waals surface area contributed by atoms with Crippen LogP contribution in [0.3, 0.4) is 0 Å². The Morgan fingerprint density at radius 3 is 2.57 bits per heavy atom. The highest BCUT2D eigenvalue weighted by Crippen LogP contribution is 2.34. The minimum absolute atomic E-state index is 0.188. The average molecular weight is 312 g/mol. The summed E-state index contributed by atoms with van der Waals surface area (Å²) < 4.78 is 22.4. The van der Waals surface area contributed by atoms with Gasteiger partial charge in [0.05, 0.1) is 10.9 Å². The van der Waals surface area contributed by atoms with Gasteiger partial charge in [0.25, 0.3) is 0 Å². The van der Waals surface area contributed by atoms with E-state index in [2.05, 4.69) is 5.32 Å². The second kappa shape index (κ2) is 4.99. The van der Waals surface area contributed by atoms with Crippen molar-refractivity contribution in [2.45, 2.75) is 31.2 Å². The van der Waals surface area contributed by atoms with E-state index in [-0.39, 0.29) is 6.03 Å². The Balaban J connectivity index is 2.39. The molecule has 0 aliphatic carbocycles. The third kappa shape index (κ3) is 2.75. The van der Waals surface area contributed by atoms with E-state index in [1.807, 2.05) is 0 Å². The van der Waals surface area contributed by atoms with Crippen LogP contribution in [0.5, 0.6) is 0 Å². The van der Waals surface area contributed by atoms with Crippen LogP contribution in [0.15, 0.2) is 18.2 Å². The van der Waals surface area contributed by atoms with Gasteiger partial charge in [0.15, 0.2) is 9.84 Å². The van der Waals surface area contributed by atoms with Crippen molar-refractivity contribution in [1.29, 1.82) is 0 Å². The number of hydrogen-bond acceptors (Lipinski definition) is 4. The highest BCUT2D eigenvalue weighted by molar-refractivity contribution is 7.92. The maximum Gasteiger partial charge on any atom is 0.321 e. The second-order valence-corrected chi connectivity index (χ2v) is 8.58. The summed E-state index contributed by atoms with van der Waals surface area (Å²) in [6.45, 7) is 3.42. The number of rotatable bonds is 3. The number of urea groups is 1. The van der Waals surface area contributed by atoms with Gasteiger partial charge in [0.2, 0.25) is 0 Å². The van der Waals surface area contributed by atoms with E-state index in [1.165, 1.54) is 18.7 Å². The molecule has 0 radical (unpaired) electrons. The number of aliphatic hydroxyl groups excluding tert-OH is 1. The molecule has 6 nitrogen and oxygen atoms in total. The summed E-state index contributed by atoms with van der Waals surface area (Å²) in [6, 6.07) is 4.88. The lowest BCUT2D eigenvalue weighted by Gasteiger charge is -2.31. The van der Waals surface area contributed by atoms with Crippen LogP contribution in [0.25, 0.3) is 0 Å². The first-order chi connectivity index (χ1) is 9.54. The van der Waals surface area contributed by atoms with Crippen LogP contribution in [0.1, 0.15) is 31.1 Å². The summed E-state index contributed by atoms with van der Waals surface area (Å²) in [4.78, 5) is 13.1. The van der Waals surface area contributed by atoms with Crippen molar-refractivity contribution in [1.82, 2.24) is 4.90 Å². The third-order valence-electron chi connectivity index (χ3n) is 4.06. The Hall–Kier alpha value is -1.60. The predicted molar refractivity (Wildman–Crippen MR) is 80.8 cm³/mol. The molecule has 0 spiro atoms. The molecule has 1 heterocycles. The van der Waals surface area contributed by atoms with Gasteiger partial charge >= 0.3 is 6.03 Å². The molecule has 0 saturated heterocycles. The smallest absolute Gasteiger partial charge is 0.321 e. The van der Waals surface area contributed by atoms with Crippen LogP contribution in [-0.2, 0) is 16.4 Å². The summed E-state index contributed by atoms with van der Waals surface area (Å²) >= 11 is 0. The summed E-state index contributed by atoms with van der Waals surface area (Å²) in [5, 5.41) is 13.2. The molecule has 0 aromatic heterocycles. The molecule has 0 bridgehead atoms. The third-order valence-corrected chi connectivity index (χ3v) is 6.19. The molecule has 1 aromatic rings. The molecule has 1 aromatic carbocycles. The Morgan fingerprint density at radius 1 is 1.38 bits per heavy atom. The molecule has 2 N–H and O–H groups in total. The summed E-state index contributed by atoms with van der Waals surface area (Å²) in [5.74, 6) is 0. The standard InChI is InChI=1S/C14H20N2O4S/c1-14(2,21(4,19)20)12(17)9-5-6-11-10(7-9)8-16(3)13(18)15-11/h5-7,12,17H,8H2,1-4H3,(H,15,18). The molecule has 2 amide bonds. The van der Waals surface area contributed by atoms with E-state index in [0.29, 0.717) is 17.8 Å². The minimum Gasteiger partial charge on any atom is -0.387 e. The lowest BCUT2D eigenvalue weighted by atomic mass is 9.95. The van der Waals surface area contributed by atoms with Crippen molar-refractivity contribution < 1.29 is 18.3 Å². The number of fused-ring (bicyclic) bond motifs is 1. The normalized spacial score (nSPS) is 17.2. The van der Waals surface area contributed by atoms with Gasteiger partial charge < -0.3 is 15.3 Å². The van der Waals surface area contributed by atoms with Crippen LogP contribution >= 0.6 is 0 Å². The number of sulfone groups is 1. The number of nitrogens with zero attached hydrogens (tertiary/aromatic N) is 1. The van der Waals surface area contributed by atoms with Crippen molar-refractivity contribution >= 4 is 21.6 Å². The number of carbonyl (C=O) groups excluding carboxylic acids is 1. The van der Waals surface area contributed by atoms with E-state index in [9.17, 15) is 18.3 Å². The summed E-state index contributed by atoms with van der Waals surface area (Å²) in [5.41, 5.74) is 2.05. The molecular weight excluding hydrogens is 292 g/mol. The van der Waals surface area contributed by atoms with Gasteiger partial charge in [-0.3, -0.25) is 0 Å². The zero-order valence-corrected chi connectivity index (χ0v) is 13.4. The van der Waals surface area contributed by atoms with Gasteiger partial charge in [0, 0.05) is 25.5 Å². The van der Waals surface area contributed by atoms with E-state index < -0.39 is 20.7 Å². The highest BCUT2D eigenvalue weighted by Gasteiger charge is 2.39. The number of hydrogen-bond donors (Lipinski definition) is 2. The summed E-state index contributed by atoms with van der Waals surface area (Å²) in [6.07, 6.45) is -0.0245. The Labute approximate surface area is 124 Å². The zero-order chi connectivity index (χ0) is 16.0. The molecule has 2 rings (SSSR count). The quantitative estimate of drug-likeness (QED) is 0.886. The number of benzene rings is 1. The molecular formula is C14H20N2O4S. The van der Waals surface area contributed by atoms with Crippen LogP contribution in [0.4, 0.5) is 10.5 Å². The molecule has 7 heteroatoms. The fourth-order valence-electron chi connectivity index (χ4n) is 2.18. The maximum atomic E-state index is 11.8. The molecule has 21 heavy (non-hydrogen) atoms. The van der Waals surface area contributed by atoms with Crippen molar-refractivity contribution in [3.05, 3.63) is 29.3 Å². The van der Waals surface area contributed by atoms with Crippen molar-refractivity contribution in [2.24, 2.45) is 0 Å². The largest absolute Gasteiger partial charge is 0.387 e. The Kier molecular flexibility index (Phi) is 3.75. The lowest BCUT2D eigenvalue weighted by Crippen LogP contribution is -2.38. The monoisotopic (exact) mass is 312 g/mol. The van der Waals surface area contributed by atoms with E-state index >= 15 is 0 Å². The second-order valence-electron chi connectivity index (χ2n) is 5.98. The molecule has 1 aliphatic heterocycles. The first-order valence-electron chi connectivity index (χ1n) is 6.56. The average Bonchev–Trinajstić information content (AvgIpc) is 2.37. The number of anilines is 1. The molecule has 1 aliphatic rings. The minimum atomic E-state index is -3.42. The first-order valence-corrected chi connectivity index (χ1v) is 8.46. The van der Waals surface area contributed by atoms with E-state index in [4.69, 9.17) is 0 Å². The van der Waals surface area contributed by atoms with Crippen molar-refractivity contribution in [2.75, 3.05) is 18.6 Å². The Bertz CT molecular complexity index is 682. The molecule has 1 unspecified atom stereocenters. The van der Waals surface area contributed by atoms with Gasteiger partial charge in [-0.15, -0.1) is 0 Å². The van der Waals surface area contributed by atoms with Crippen molar-refractivity contribution in [3.8, 4) is 0 Å². The fraction of sp³-hybridized carbons (Fsp3) is 0.500. The summed E-state index contributed by atoms with van der Waals surface area (Å²) in [7, 11) is -1.75. The van der Waals surface area contributed by atoms with Gasteiger partial charge in [-0.25, -0.2) is 13.2 Å². The number of nitrogens with one attached hydrogen (secondary N) is 1. The molecule has 1 atom stereocenters. The van der Waals surface area contributed by atoms with Crippen molar-refractivity contribution in [3.63, 3.8) is 0 Å². The zero-order valence-electron chi connectivity index (χ0n) is 12.5. The number of amides is 2. The van der Waals surface area contributed by atoms with Gasteiger partial charge in [-0.2, -0.15) is 0 Å². The van der Waals surface area contributed by atoms with Crippen LogP contribution in [0, 0.1) is 0 Å². The van der Waals surface area contributed by atoms with Gasteiger partial charge in [-0.05, 0) is 37.1 Å². The van der Waals surface area contributed by atoms with Gasteiger partial charge in [-0.1, -0.05) is 6.07 Å². The number of carbonyl (C=O) groups is 1. The predicted octanol–water partition coefficient (Wildman–Crippen LogP) is 1.52. The van der Waals surface area contributed by atoms with Crippen LogP contribution in [-0.4, -0.2) is 42.5 Å². The topological polar surface area (TPSA) is 86.7 Å². The molecule has 116 valence electrons. The SMILES string of the molecule is CN1Cc2cc(C(O)C(C)(C)S(C)(=O)=O)ccc2NC1=O. The molecule has 0 fully saturated rings. The lowest BCUT2D eigenvalue weighted by molar-refractivity contribution is 0.139. The Morgan fingerprint density at radius 2 is 2.00 bits per heavy atom. The molecule has 0 saturated carbocycles. The number of aliphatic hydroxyl groups is 1. The fourth-order valence-corrected chi connectivity index (χ4v) is 2.72. The highest BCUT2D eigenvalue weighted by atomic mass is 32.2. The van der Waals surface area contributed by atoms with Gasteiger partial charge in [0.1, 0.15) is 0 Å².